The van der Waals surface area contributed by atoms with Gasteiger partial charge in [-0.1, -0.05) is 0 Å². The maximum atomic E-state index is 13.9. The summed E-state index contributed by atoms with van der Waals surface area (Å²) in [6.45, 7) is 0. The Morgan fingerprint density at radius 3 is 2.29 bits per heavy atom. The lowest BCUT2D eigenvalue weighted by Crippen LogP contribution is -2.72. The van der Waals surface area contributed by atoms with Gasteiger partial charge in [0.25, 0.3) is 0 Å². The summed E-state index contributed by atoms with van der Waals surface area (Å²) < 4.78 is 65.4. The van der Waals surface area contributed by atoms with Crippen molar-refractivity contribution in [3.8, 4) is 11.5 Å². The number of ketones is 1. The van der Waals surface area contributed by atoms with E-state index in [0.29, 0.717) is 0 Å². The molecule has 3 N–H and O–H groups in total. The van der Waals surface area contributed by atoms with E-state index in [1.54, 1.807) is 0 Å². The lowest BCUT2D eigenvalue weighted by Gasteiger charge is -2.45. The number of hydrogen-bond acceptors (Lipinski definition) is 5. The summed E-state index contributed by atoms with van der Waals surface area (Å²) in [6, 6.07) is 4.91. The number of nitrogens with one attached hydrogen (secondary N) is 2. The van der Waals surface area contributed by atoms with Crippen LogP contribution in [0.4, 0.5) is 22.4 Å². The fourth-order valence-electron chi connectivity index (χ4n) is 3.47. The summed E-state index contributed by atoms with van der Waals surface area (Å²) in [6.07, 6.45) is -5.42. The van der Waals surface area contributed by atoms with Gasteiger partial charge >= 0.3 is 12.2 Å². The largest absolute Gasteiger partial charge is 0.497 e. The Labute approximate surface area is 174 Å². The molecule has 11 heteroatoms. The molecule has 1 aliphatic rings. The Bertz CT molecular complexity index is 996. The Morgan fingerprint density at radius 2 is 1.74 bits per heavy atom. The number of carbonyl (C=O) groups excluding carboxylic acids is 2. The third-order valence-corrected chi connectivity index (χ3v) is 4.99. The first-order chi connectivity index (χ1) is 14.5. The van der Waals surface area contributed by atoms with Gasteiger partial charge in [0.1, 0.15) is 23.2 Å². The molecule has 0 bridgehead atoms. The normalized spacial score (nSPS) is 23.5. The highest BCUT2D eigenvalue weighted by atomic mass is 19.4. The molecule has 2 amide bonds. The van der Waals surface area contributed by atoms with Gasteiger partial charge in [-0.05, 0) is 42.5 Å². The molecule has 0 spiro atoms. The van der Waals surface area contributed by atoms with E-state index in [9.17, 15) is 32.3 Å². The molecular weight excluding hydrogens is 424 g/mol. The Kier molecular flexibility index (Phi) is 5.81. The molecule has 1 fully saturated rings. The van der Waals surface area contributed by atoms with Crippen LogP contribution < -0.4 is 20.1 Å². The number of carbonyl (C=O) groups is 2. The van der Waals surface area contributed by atoms with Crippen molar-refractivity contribution in [2.24, 2.45) is 5.92 Å². The van der Waals surface area contributed by atoms with Gasteiger partial charge in [-0.25, -0.2) is 9.18 Å². The maximum absolute atomic E-state index is 13.9. The predicted molar refractivity (Wildman–Crippen MR) is 99.2 cm³/mol. The van der Waals surface area contributed by atoms with Crippen LogP contribution in [0.3, 0.4) is 0 Å². The molecule has 1 heterocycles. The molecule has 0 aliphatic carbocycles. The van der Waals surface area contributed by atoms with Crippen molar-refractivity contribution >= 4 is 11.8 Å². The third kappa shape index (κ3) is 4.00. The van der Waals surface area contributed by atoms with Crippen LogP contribution >= 0.6 is 0 Å². The number of alkyl halides is 3. The summed E-state index contributed by atoms with van der Waals surface area (Å²) in [5.74, 6) is -3.90. The molecule has 3 rings (SSSR count). The van der Waals surface area contributed by atoms with Crippen molar-refractivity contribution in [2.75, 3.05) is 14.2 Å². The average molecular weight is 442 g/mol. The maximum Gasteiger partial charge on any atom is 0.437 e. The molecule has 1 saturated heterocycles. The molecule has 1 aliphatic heterocycles. The summed E-state index contributed by atoms with van der Waals surface area (Å²) in [7, 11) is 2.57. The molecular formula is C20H18F4N2O5. The van der Waals surface area contributed by atoms with Crippen molar-refractivity contribution in [2.45, 2.75) is 17.9 Å². The van der Waals surface area contributed by atoms with Gasteiger partial charge in [-0.3, -0.25) is 4.79 Å². The van der Waals surface area contributed by atoms with Crippen LogP contribution in [-0.4, -0.2) is 43.0 Å². The SMILES string of the molecule is COc1ccc(OC)c([C@@H]2NC(=O)N[C@](O)(C(F)(F)F)[C@H]2C(=O)c2ccc(F)cc2)c1. The summed E-state index contributed by atoms with van der Waals surface area (Å²) in [5.41, 5.74) is -4.24. The predicted octanol–water partition coefficient (Wildman–Crippen LogP) is 2.95. The second-order valence-electron chi connectivity index (χ2n) is 6.80. The third-order valence-electron chi connectivity index (χ3n) is 4.99. The standard InChI is InChI=1S/C20H18F4N2O5/c1-30-12-7-8-14(31-2)13(9-12)16-15(17(27)10-3-5-11(21)6-4-10)19(29,20(22,23)24)26-18(28)25-16/h3-9,15-16,29H,1-2H3,(H2,25,26,28)/t15-,16+,19-/m1/s1. The number of Topliss-reactive ketones (excluding diaryl/α,β-unsaturated/α-hetero) is 1. The summed E-state index contributed by atoms with van der Waals surface area (Å²) in [4.78, 5) is 25.3. The Hall–Kier alpha value is -3.34. The molecule has 0 unspecified atom stereocenters. The monoisotopic (exact) mass is 442 g/mol. The van der Waals surface area contributed by atoms with E-state index in [2.05, 4.69) is 5.32 Å². The van der Waals surface area contributed by atoms with Crippen molar-refractivity contribution in [3.05, 3.63) is 59.4 Å². The lowest BCUT2D eigenvalue weighted by molar-refractivity contribution is -0.287. The molecule has 2 aromatic rings. The first-order valence-corrected chi connectivity index (χ1v) is 8.91. The number of hydrogen-bond donors (Lipinski definition) is 3. The van der Waals surface area contributed by atoms with E-state index in [0.717, 1.165) is 24.3 Å². The zero-order valence-corrected chi connectivity index (χ0v) is 16.3. The van der Waals surface area contributed by atoms with E-state index in [1.165, 1.54) is 37.7 Å². The van der Waals surface area contributed by atoms with Gasteiger partial charge in [0.05, 0.1) is 20.3 Å². The van der Waals surface area contributed by atoms with Crippen LogP contribution in [0, 0.1) is 11.7 Å². The highest BCUT2D eigenvalue weighted by Gasteiger charge is 2.66. The summed E-state index contributed by atoms with van der Waals surface area (Å²) in [5, 5.41) is 14.3. The van der Waals surface area contributed by atoms with E-state index in [-0.39, 0.29) is 22.6 Å². The minimum atomic E-state index is -5.42. The Balaban J connectivity index is 2.23. The highest BCUT2D eigenvalue weighted by Crippen LogP contribution is 2.46. The van der Waals surface area contributed by atoms with Crippen molar-refractivity contribution in [1.82, 2.24) is 10.6 Å². The molecule has 7 nitrogen and oxygen atoms in total. The average Bonchev–Trinajstić information content (AvgIpc) is 2.72. The van der Waals surface area contributed by atoms with Gasteiger partial charge in [-0.2, -0.15) is 13.2 Å². The number of urea groups is 1. The molecule has 0 radical (unpaired) electrons. The molecule has 166 valence electrons. The number of benzene rings is 2. The van der Waals surface area contributed by atoms with Crippen molar-refractivity contribution < 1.29 is 41.7 Å². The molecule has 2 aromatic carbocycles. The molecule has 0 saturated carbocycles. The van der Waals surface area contributed by atoms with Gasteiger partial charge in [0, 0.05) is 11.1 Å². The van der Waals surface area contributed by atoms with Gasteiger partial charge in [-0.15, -0.1) is 0 Å². The zero-order valence-electron chi connectivity index (χ0n) is 16.3. The number of methoxy groups -OCH3 is 2. The van der Waals surface area contributed by atoms with Gasteiger partial charge in [0.15, 0.2) is 5.78 Å². The molecule has 3 atom stereocenters. The molecule has 0 aromatic heterocycles. The number of rotatable bonds is 5. The number of ether oxygens (including phenoxy) is 2. The fraction of sp³-hybridized carbons (Fsp3) is 0.300. The van der Waals surface area contributed by atoms with Crippen LogP contribution in [0.5, 0.6) is 11.5 Å². The van der Waals surface area contributed by atoms with Crippen LogP contribution in [0.2, 0.25) is 0 Å². The number of halogens is 4. The quantitative estimate of drug-likeness (QED) is 0.489. The topological polar surface area (TPSA) is 96.9 Å². The van der Waals surface area contributed by atoms with E-state index < -0.39 is 41.5 Å². The van der Waals surface area contributed by atoms with Gasteiger partial charge < -0.3 is 25.2 Å². The van der Waals surface area contributed by atoms with E-state index in [4.69, 9.17) is 9.47 Å². The Morgan fingerprint density at radius 1 is 1.10 bits per heavy atom. The smallest absolute Gasteiger partial charge is 0.437 e. The van der Waals surface area contributed by atoms with Crippen LogP contribution in [-0.2, 0) is 0 Å². The van der Waals surface area contributed by atoms with Crippen molar-refractivity contribution in [3.63, 3.8) is 0 Å². The van der Waals surface area contributed by atoms with E-state index in [1.807, 2.05) is 0 Å². The molecule has 31 heavy (non-hydrogen) atoms. The highest BCUT2D eigenvalue weighted by molar-refractivity contribution is 6.00. The van der Waals surface area contributed by atoms with Crippen molar-refractivity contribution in [1.29, 1.82) is 0 Å². The second kappa shape index (κ2) is 8.06. The van der Waals surface area contributed by atoms with Crippen LogP contribution in [0.1, 0.15) is 22.0 Å². The van der Waals surface area contributed by atoms with Gasteiger partial charge in [0.2, 0.25) is 5.72 Å². The lowest BCUT2D eigenvalue weighted by atomic mass is 9.77. The number of aliphatic hydroxyl groups is 1. The van der Waals surface area contributed by atoms with Crippen LogP contribution in [0.25, 0.3) is 0 Å². The minimum Gasteiger partial charge on any atom is -0.497 e. The fourth-order valence-corrected chi connectivity index (χ4v) is 3.47. The first-order valence-electron chi connectivity index (χ1n) is 8.91. The zero-order chi connectivity index (χ0) is 23.0. The van der Waals surface area contributed by atoms with Crippen LogP contribution in [0.15, 0.2) is 42.5 Å². The number of amides is 2. The second-order valence-corrected chi connectivity index (χ2v) is 6.80. The summed E-state index contributed by atoms with van der Waals surface area (Å²) >= 11 is 0. The van der Waals surface area contributed by atoms with E-state index >= 15 is 0 Å². The first kappa shape index (κ1) is 22.3. The minimum absolute atomic E-state index is 0.0279.